The van der Waals surface area contributed by atoms with E-state index in [0.717, 1.165) is 12.1 Å². The molecule has 1 heterocycles. The number of fused-ring (bicyclic) bond motifs is 1. The maximum Gasteiger partial charge on any atom is 0.0357 e. The number of aryl methyl sites for hydroxylation is 1. The molecule has 0 aromatic heterocycles. The normalized spacial score (nSPS) is 29.9. The summed E-state index contributed by atoms with van der Waals surface area (Å²) in [4.78, 5) is 2.83. The average Bonchev–Trinajstić information content (AvgIpc) is 2.99. The summed E-state index contributed by atoms with van der Waals surface area (Å²) in [6.07, 6.45) is 8.20. The molecule has 102 valence electrons. The van der Waals surface area contributed by atoms with Crippen molar-refractivity contribution in [1.82, 2.24) is 10.2 Å². The molecular weight excluding hydrogens is 232 g/mol. The molecule has 1 aliphatic heterocycles. The molecule has 1 saturated carbocycles. The van der Waals surface area contributed by atoms with Crippen LogP contribution in [0.3, 0.4) is 0 Å². The summed E-state index contributed by atoms with van der Waals surface area (Å²) in [6.45, 7) is 2.49. The Balaban J connectivity index is 1.54. The van der Waals surface area contributed by atoms with Crippen LogP contribution in [-0.2, 0) is 6.42 Å². The van der Waals surface area contributed by atoms with Crippen molar-refractivity contribution in [3.05, 3.63) is 35.4 Å². The fourth-order valence-electron chi connectivity index (χ4n) is 3.98. The fraction of sp³-hybridized carbons (Fsp3) is 0.647. The Bertz CT molecular complexity index is 446. The van der Waals surface area contributed by atoms with Gasteiger partial charge in [-0.15, -0.1) is 0 Å². The topological polar surface area (TPSA) is 15.3 Å². The van der Waals surface area contributed by atoms with Gasteiger partial charge in [-0.05, 0) is 56.2 Å². The van der Waals surface area contributed by atoms with E-state index in [4.69, 9.17) is 0 Å². The lowest BCUT2D eigenvalue weighted by Gasteiger charge is -2.32. The molecule has 1 saturated heterocycles. The second-order valence-corrected chi connectivity index (χ2v) is 6.47. The molecule has 2 unspecified atom stereocenters. The lowest BCUT2D eigenvalue weighted by Crippen LogP contribution is -2.40. The molecule has 0 spiro atoms. The summed E-state index contributed by atoms with van der Waals surface area (Å²) in [6, 6.07) is 11.4. The second-order valence-electron chi connectivity index (χ2n) is 6.47. The first-order valence-corrected chi connectivity index (χ1v) is 7.99. The molecule has 1 aromatic rings. The van der Waals surface area contributed by atoms with Gasteiger partial charge in [-0.2, -0.15) is 0 Å². The highest BCUT2D eigenvalue weighted by atomic mass is 15.2. The monoisotopic (exact) mass is 256 g/mol. The zero-order valence-corrected chi connectivity index (χ0v) is 11.6. The number of hydrogen-bond donors (Lipinski definition) is 1. The Labute approximate surface area is 116 Å². The predicted octanol–water partition coefficient (Wildman–Crippen LogP) is 2.89. The molecular formula is C17H24N2. The van der Waals surface area contributed by atoms with Crippen LogP contribution in [0.1, 0.15) is 49.3 Å². The van der Waals surface area contributed by atoms with Gasteiger partial charge in [0.15, 0.2) is 0 Å². The van der Waals surface area contributed by atoms with Crippen LogP contribution in [0.25, 0.3) is 0 Å². The molecule has 3 aliphatic rings. The van der Waals surface area contributed by atoms with Crippen LogP contribution in [0, 0.1) is 0 Å². The standard InChI is InChI=1S/C17H24N2/c1-2-6-16-13(4-1)7-10-17(16)19(15-8-9-15)12-14-5-3-11-18-14/h1-2,4,6,14-15,17-18H,3,5,7-12H2. The van der Waals surface area contributed by atoms with Crippen molar-refractivity contribution >= 4 is 0 Å². The largest absolute Gasteiger partial charge is 0.313 e. The molecule has 1 aromatic carbocycles. The first-order chi connectivity index (χ1) is 9.42. The average molecular weight is 256 g/mol. The van der Waals surface area contributed by atoms with E-state index in [-0.39, 0.29) is 0 Å². The molecule has 1 N–H and O–H groups in total. The summed E-state index contributed by atoms with van der Waals surface area (Å²) in [7, 11) is 0. The molecule has 2 fully saturated rings. The van der Waals surface area contributed by atoms with Gasteiger partial charge in [-0.3, -0.25) is 4.90 Å². The Kier molecular flexibility index (Phi) is 3.08. The summed E-state index contributed by atoms with van der Waals surface area (Å²) in [5.41, 5.74) is 3.21. The first kappa shape index (κ1) is 11.9. The lowest BCUT2D eigenvalue weighted by molar-refractivity contribution is 0.170. The Morgan fingerprint density at radius 3 is 2.79 bits per heavy atom. The van der Waals surface area contributed by atoms with Crippen LogP contribution in [0.5, 0.6) is 0 Å². The molecule has 2 atom stereocenters. The van der Waals surface area contributed by atoms with Gasteiger partial charge in [0.25, 0.3) is 0 Å². The summed E-state index contributed by atoms with van der Waals surface area (Å²) < 4.78 is 0. The second kappa shape index (κ2) is 4.92. The third-order valence-corrected chi connectivity index (χ3v) is 5.11. The van der Waals surface area contributed by atoms with Crippen molar-refractivity contribution in [1.29, 1.82) is 0 Å². The van der Waals surface area contributed by atoms with Gasteiger partial charge in [0.2, 0.25) is 0 Å². The van der Waals surface area contributed by atoms with Crippen LogP contribution < -0.4 is 5.32 Å². The molecule has 0 bridgehead atoms. The smallest absolute Gasteiger partial charge is 0.0357 e. The van der Waals surface area contributed by atoms with Gasteiger partial charge < -0.3 is 5.32 Å². The molecule has 2 aliphatic carbocycles. The van der Waals surface area contributed by atoms with Crippen molar-refractivity contribution in [3.63, 3.8) is 0 Å². The van der Waals surface area contributed by atoms with E-state index < -0.39 is 0 Å². The van der Waals surface area contributed by atoms with Gasteiger partial charge in [0.1, 0.15) is 0 Å². The Morgan fingerprint density at radius 2 is 2.00 bits per heavy atom. The SMILES string of the molecule is c1ccc2c(c1)CCC2N(CC1CCCN1)C1CC1. The zero-order chi connectivity index (χ0) is 12.7. The van der Waals surface area contributed by atoms with Crippen molar-refractivity contribution in [2.45, 2.75) is 56.7 Å². The third-order valence-electron chi connectivity index (χ3n) is 5.11. The van der Waals surface area contributed by atoms with E-state index in [9.17, 15) is 0 Å². The highest BCUT2D eigenvalue weighted by Crippen LogP contribution is 2.41. The van der Waals surface area contributed by atoms with Crippen molar-refractivity contribution < 1.29 is 0 Å². The fourth-order valence-corrected chi connectivity index (χ4v) is 3.98. The molecule has 2 nitrogen and oxygen atoms in total. The minimum Gasteiger partial charge on any atom is -0.313 e. The Hall–Kier alpha value is -0.860. The predicted molar refractivity (Wildman–Crippen MR) is 78.3 cm³/mol. The van der Waals surface area contributed by atoms with Gasteiger partial charge in [-0.1, -0.05) is 24.3 Å². The quantitative estimate of drug-likeness (QED) is 0.891. The van der Waals surface area contributed by atoms with Crippen molar-refractivity contribution in [2.24, 2.45) is 0 Å². The van der Waals surface area contributed by atoms with Crippen LogP contribution in [0.15, 0.2) is 24.3 Å². The molecule has 19 heavy (non-hydrogen) atoms. The van der Waals surface area contributed by atoms with Gasteiger partial charge in [0, 0.05) is 24.7 Å². The van der Waals surface area contributed by atoms with Crippen LogP contribution in [0.4, 0.5) is 0 Å². The molecule has 0 radical (unpaired) electrons. The minimum absolute atomic E-state index is 0.700. The summed E-state index contributed by atoms with van der Waals surface area (Å²) in [5, 5.41) is 3.68. The first-order valence-electron chi connectivity index (χ1n) is 7.99. The molecule has 2 heteroatoms. The summed E-state index contributed by atoms with van der Waals surface area (Å²) >= 11 is 0. The van der Waals surface area contributed by atoms with E-state index in [1.54, 1.807) is 11.1 Å². The van der Waals surface area contributed by atoms with E-state index in [0.29, 0.717) is 6.04 Å². The molecule has 4 rings (SSSR count). The number of hydrogen-bond acceptors (Lipinski definition) is 2. The van der Waals surface area contributed by atoms with Crippen molar-refractivity contribution in [3.8, 4) is 0 Å². The number of benzene rings is 1. The van der Waals surface area contributed by atoms with E-state index in [1.807, 2.05) is 0 Å². The van der Waals surface area contributed by atoms with E-state index in [1.165, 1.54) is 51.6 Å². The number of nitrogens with one attached hydrogen (secondary N) is 1. The van der Waals surface area contributed by atoms with Crippen LogP contribution >= 0.6 is 0 Å². The Morgan fingerprint density at radius 1 is 1.11 bits per heavy atom. The van der Waals surface area contributed by atoms with Gasteiger partial charge in [-0.25, -0.2) is 0 Å². The number of nitrogens with zero attached hydrogens (tertiary/aromatic N) is 1. The molecule has 0 amide bonds. The van der Waals surface area contributed by atoms with Gasteiger partial charge in [0.05, 0.1) is 0 Å². The van der Waals surface area contributed by atoms with E-state index in [2.05, 4.69) is 34.5 Å². The van der Waals surface area contributed by atoms with Crippen LogP contribution in [0.2, 0.25) is 0 Å². The maximum atomic E-state index is 3.68. The lowest BCUT2D eigenvalue weighted by atomic mass is 10.1. The minimum atomic E-state index is 0.700. The van der Waals surface area contributed by atoms with Crippen LogP contribution in [-0.4, -0.2) is 30.1 Å². The highest BCUT2D eigenvalue weighted by molar-refractivity contribution is 5.34. The zero-order valence-electron chi connectivity index (χ0n) is 11.6. The van der Waals surface area contributed by atoms with Crippen molar-refractivity contribution in [2.75, 3.05) is 13.1 Å². The number of rotatable bonds is 4. The third kappa shape index (κ3) is 2.32. The maximum absolute atomic E-state index is 3.68. The highest BCUT2D eigenvalue weighted by Gasteiger charge is 2.38. The van der Waals surface area contributed by atoms with E-state index >= 15 is 0 Å². The van der Waals surface area contributed by atoms with Gasteiger partial charge >= 0.3 is 0 Å². The summed E-state index contributed by atoms with van der Waals surface area (Å²) in [5.74, 6) is 0.